The zero-order chi connectivity index (χ0) is 30.1. The molecule has 1 aliphatic carbocycles. The minimum absolute atomic E-state index is 0.0649. The van der Waals surface area contributed by atoms with Crippen molar-refractivity contribution in [1.82, 2.24) is 10.2 Å². The van der Waals surface area contributed by atoms with Crippen LogP contribution < -0.4 is 9.62 Å². The topological polar surface area (TPSA) is 86.8 Å². The number of hydrogen-bond acceptors (Lipinski definition) is 4. The van der Waals surface area contributed by atoms with Crippen molar-refractivity contribution in [1.29, 1.82) is 0 Å². The van der Waals surface area contributed by atoms with Crippen LogP contribution in [0.3, 0.4) is 0 Å². The van der Waals surface area contributed by atoms with E-state index in [4.69, 9.17) is 11.6 Å². The maximum Gasteiger partial charge on any atom is 0.264 e. The third-order valence-corrected chi connectivity index (χ3v) is 10.1. The molecule has 0 spiro atoms. The normalized spacial score (nSPS) is 14.6. The number of carbonyl (C=O) groups is 2. The maximum atomic E-state index is 14.2. The molecule has 1 N–H and O–H groups in total. The van der Waals surface area contributed by atoms with E-state index in [9.17, 15) is 18.0 Å². The Morgan fingerprint density at radius 1 is 0.929 bits per heavy atom. The SMILES string of the molecule is CCC(C(=O)NC1CCCCC1)N(CCc1ccccc1)C(=O)CN(c1cccc(Cl)c1C)S(=O)(=O)c1ccccc1. The van der Waals surface area contributed by atoms with Crippen molar-refractivity contribution in [2.45, 2.75) is 75.8 Å². The fourth-order valence-corrected chi connectivity index (χ4v) is 7.20. The lowest BCUT2D eigenvalue weighted by molar-refractivity contribution is -0.140. The number of halogens is 1. The Kier molecular flexibility index (Phi) is 11.0. The third kappa shape index (κ3) is 7.72. The van der Waals surface area contributed by atoms with Crippen molar-refractivity contribution in [3.8, 4) is 0 Å². The van der Waals surface area contributed by atoms with Crippen LogP contribution in [0.1, 0.15) is 56.6 Å². The molecule has 1 aliphatic rings. The average Bonchev–Trinajstić information content (AvgIpc) is 3.00. The van der Waals surface area contributed by atoms with Crippen LogP contribution in [0.2, 0.25) is 5.02 Å². The summed E-state index contributed by atoms with van der Waals surface area (Å²) < 4.78 is 29.1. The van der Waals surface area contributed by atoms with Gasteiger partial charge >= 0.3 is 0 Å². The lowest BCUT2D eigenvalue weighted by atomic mass is 9.95. The quantitative estimate of drug-likeness (QED) is 0.267. The summed E-state index contributed by atoms with van der Waals surface area (Å²) in [7, 11) is -4.14. The molecule has 0 radical (unpaired) electrons. The minimum Gasteiger partial charge on any atom is -0.352 e. The molecule has 42 heavy (non-hydrogen) atoms. The molecule has 0 heterocycles. The lowest BCUT2D eigenvalue weighted by Gasteiger charge is -2.34. The van der Waals surface area contributed by atoms with E-state index < -0.39 is 28.5 Å². The smallest absolute Gasteiger partial charge is 0.264 e. The van der Waals surface area contributed by atoms with E-state index >= 15 is 0 Å². The van der Waals surface area contributed by atoms with Gasteiger partial charge in [0.05, 0.1) is 10.6 Å². The molecule has 9 heteroatoms. The Labute approximate surface area is 254 Å². The number of sulfonamides is 1. The summed E-state index contributed by atoms with van der Waals surface area (Å²) in [6, 6.07) is 22.2. The summed E-state index contributed by atoms with van der Waals surface area (Å²) in [5, 5.41) is 3.57. The second-order valence-corrected chi connectivity index (χ2v) is 13.1. The zero-order valence-electron chi connectivity index (χ0n) is 24.3. The largest absolute Gasteiger partial charge is 0.352 e. The van der Waals surface area contributed by atoms with E-state index in [-0.39, 0.29) is 23.4 Å². The summed E-state index contributed by atoms with van der Waals surface area (Å²) in [5.41, 5.74) is 1.89. The number of nitrogens with zero attached hydrogens (tertiary/aromatic N) is 2. The molecule has 1 atom stereocenters. The molecule has 0 saturated heterocycles. The zero-order valence-corrected chi connectivity index (χ0v) is 25.9. The highest BCUT2D eigenvalue weighted by Gasteiger charge is 2.34. The first kappa shape index (κ1) is 31.6. The van der Waals surface area contributed by atoms with Gasteiger partial charge in [-0.15, -0.1) is 0 Å². The Balaban J connectivity index is 1.69. The minimum atomic E-state index is -4.14. The number of carbonyl (C=O) groups excluding carboxylic acids is 2. The Morgan fingerprint density at radius 2 is 1.57 bits per heavy atom. The molecule has 1 saturated carbocycles. The first-order chi connectivity index (χ1) is 20.2. The Bertz CT molecular complexity index is 1440. The van der Waals surface area contributed by atoms with E-state index in [0.717, 1.165) is 35.6 Å². The van der Waals surface area contributed by atoms with E-state index in [2.05, 4.69) is 5.32 Å². The van der Waals surface area contributed by atoms with E-state index in [1.54, 1.807) is 48.2 Å². The molecule has 4 rings (SSSR count). The maximum absolute atomic E-state index is 14.2. The van der Waals surface area contributed by atoms with Gasteiger partial charge in [-0.05, 0) is 68.0 Å². The summed E-state index contributed by atoms with van der Waals surface area (Å²) in [6.45, 7) is 3.41. The molecule has 1 unspecified atom stereocenters. The van der Waals surface area contributed by atoms with Crippen LogP contribution in [0.4, 0.5) is 5.69 Å². The lowest BCUT2D eigenvalue weighted by Crippen LogP contribution is -2.54. The van der Waals surface area contributed by atoms with Crippen molar-refractivity contribution in [2.24, 2.45) is 0 Å². The Morgan fingerprint density at radius 3 is 2.21 bits per heavy atom. The number of rotatable bonds is 12. The van der Waals surface area contributed by atoms with Crippen LogP contribution in [0.5, 0.6) is 0 Å². The molecule has 3 aromatic rings. The second kappa shape index (κ2) is 14.7. The predicted molar refractivity (Wildman–Crippen MR) is 168 cm³/mol. The number of amides is 2. The second-order valence-electron chi connectivity index (χ2n) is 10.8. The van der Waals surface area contributed by atoms with Gasteiger partial charge in [-0.2, -0.15) is 0 Å². The molecule has 3 aromatic carbocycles. The van der Waals surface area contributed by atoms with Crippen molar-refractivity contribution < 1.29 is 18.0 Å². The highest BCUT2D eigenvalue weighted by Crippen LogP contribution is 2.31. The van der Waals surface area contributed by atoms with Gasteiger partial charge in [-0.3, -0.25) is 13.9 Å². The van der Waals surface area contributed by atoms with Crippen molar-refractivity contribution in [3.63, 3.8) is 0 Å². The van der Waals surface area contributed by atoms with Crippen LogP contribution in [0, 0.1) is 6.92 Å². The first-order valence-electron chi connectivity index (χ1n) is 14.7. The standard InChI is InChI=1S/C33H40ClN3O4S/c1-3-30(33(39)35-27-16-9-5-10-17-27)36(23-22-26-14-7-4-8-15-26)32(38)24-37(31-21-13-20-29(34)25(31)2)42(40,41)28-18-11-6-12-19-28/h4,6-8,11-15,18-21,27,30H,3,5,9-10,16-17,22-24H2,1-2H3,(H,35,39). The highest BCUT2D eigenvalue weighted by molar-refractivity contribution is 7.92. The number of nitrogens with one attached hydrogen (secondary N) is 1. The van der Waals surface area contributed by atoms with Gasteiger partial charge in [0, 0.05) is 17.6 Å². The monoisotopic (exact) mass is 609 g/mol. The molecule has 0 aliphatic heterocycles. The summed E-state index contributed by atoms with van der Waals surface area (Å²) in [6.07, 6.45) is 6.10. The number of anilines is 1. The highest BCUT2D eigenvalue weighted by atomic mass is 35.5. The van der Waals surface area contributed by atoms with Gasteiger partial charge in [0.2, 0.25) is 11.8 Å². The van der Waals surface area contributed by atoms with E-state index in [1.165, 1.54) is 18.6 Å². The molecule has 1 fully saturated rings. The van der Waals surface area contributed by atoms with Crippen molar-refractivity contribution in [2.75, 3.05) is 17.4 Å². The van der Waals surface area contributed by atoms with E-state index in [1.807, 2.05) is 37.3 Å². The third-order valence-electron chi connectivity index (χ3n) is 7.94. The van der Waals surface area contributed by atoms with Gasteiger partial charge < -0.3 is 10.2 Å². The van der Waals surface area contributed by atoms with Gasteiger partial charge in [-0.1, -0.05) is 92.4 Å². The molecule has 0 bridgehead atoms. The molecular weight excluding hydrogens is 570 g/mol. The van der Waals surface area contributed by atoms with Gasteiger partial charge in [0.1, 0.15) is 12.6 Å². The number of benzene rings is 3. The Hall–Kier alpha value is -3.36. The van der Waals surface area contributed by atoms with Gasteiger partial charge in [0.15, 0.2) is 0 Å². The fraction of sp³-hybridized carbons (Fsp3) is 0.394. The van der Waals surface area contributed by atoms with Crippen LogP contribution in [-0.4, -0.2) is 50.3 Å². The van der Waals surface area contributed by atoms with Crippen LogP contribution in [0.25, 0.3) is 0 Å². The molecule has 0 aromatic heterocycles. The molecular formula is C33H40ClN3O4S. The summed E-state index contributed by atoms with van der Waals surface area (Å²) >= 11 is 6.41. The van der Waals surface area contributed by atoms with Crippen molar-refractivity contribution >= 4 is 39.1 Å². The molecule has 224 valence electrons. The van der Waals surface area contributed by atoms with Gasteiger partial charge in [-0.25, -0.2) is 8.42 Å². The van der Waals surface area contributed by atoms with Crippen LogP contribution >= 0.6 is 11.6 Å². The van der Waals surface area contributed by atoms with E-state index in [0.29, 0.717) is 29.1 Å². The average molecular weight is 610 g/mol. The van der Waals surface area contributed by atoms with Crippen molar-refractivity contribution in [3.05, 3.63) is 95.0 Å². The molecule has 2 amide bonds. The fourth-order valence-electron chi connectivity index (χ4n) is 5.54. The summed E-state index contributed by atoms with van der Waals surface area (Å²) in [5.74, 6) is -0.641. The molecule has 7 nitrogen and oxygen atoms in total. The van der Waals surface area contributed by atoms with Gasteiger partial charge in [0.25, 0.3) is 10.0 Å². The number of hydrogen-bond donors (Lipinski definition) is 1. The van der Waals surface area contributed by atoms with Crippen LogP contribution in [0.15, 0.2) is 83.8 Å². The summed E-state index contributed by atoms with van der Waals surface area (Å²) in [4.78, 5) is 29.5. The van der Waals surface area contributed by atoms with Crippen LogP contribution in [-0.2, 0) is 26.0 Å². The first-order valence-corrected chi connectivity index (χ1v) is 16.5. The predicted octanol–water partition coefficient (Wildman–Crippen LogP) is 6.14.